The fourth-order valence-electron chi connectivity index (χ4n) is 9.62. The molecule has 0 saturated carbocycles. The molecule has 54 heavy (non-hydrogen) atoms. The van der Waals surface area contributed by atoms with Gasteiger partial charge in [-0.15, -0.1) is 0 Å². The van der Waals surface area contributed by atoms with Gasteiger partial charge in [-0.3, -0.25) is 4.57 Å². The molecule has 4 nitrogen and oxygen atoms in total. The number of aromatic nitrogens is 4. The van der Waals surface area contributed by atoms with Gasteiger partial charge >= 0.3 is 0 Å². The van der Waals surface area contributed by atoms with Crippen LogP contribution in [0.15, 0.2) is 170 Å². The van der Waals surface area contributed by atoms with Crippen molar-refractivity contribution in [3.63, 3.8) is 0 Å². The third kappa shape index (κ3) is 3.52. The van der Waals surface area contributed by atoms with Gasteiger partial charge in [-0.05, 0) is 68.7 Å². The molecule has 13 rings (SSSR count). The predicted molar refractivity (Wildman–Crippen MR) is 226 cm³/mol. The average Bonchev–Trinajstić information content (AvgIpc) is 3.87. The molecule has 0 radical (unpaired) electrons. The molecule has 0 bridgehead atoms. The van der Waals surface area contributed by atoms with Crippen molar-refractivity contribution in [1.82, 2.24) is 18.9 Å². The van der Waals surface area contributed by atoms with Crippen LogP contribution < -0.4 is 0 Å². The van der Waals surface area contributed by atoms with Gasteiger partial charge in [0.15, 0.2) is 0 Å². The summed E-state index contributed by atoms with van der Waals surface area (Å²) in [7, 11) is 0. The highest BCUT2D eigenvalue weighted by Gasteiger charge is 2.26. The Morgan fingerprint density at radius 2 is 0.981 bits per heavy atom. The van der Waals surface area contributed by atoms with E-state index < -0.39 is 0 Å². The van der Waals surface area contributed by atoms with Crippen molar-refractivity contribution in [3.05, 3.63) is 170 Å². The number of para-hydroxylation sites is 3. The molecule has 0 spiro atoms. The van der Waals surface area contributed by atoms with Gasteiger partial charge in [0.05, 0.1) is 38.8 Å². The first-order valence-electron chi connectivity index (χ1n) is 18.5. The fourth-order valence-corrected chi connectivity index (χ4v) is 9.62. The van der Waals surface area contributed by atoms with Gasteiger partial charge in [-0.25, -0.2) is 9.97 Å². The van der Waals surface area contributed by atoms with Crippen LogP contribution in [0.4, 0.5) is 0 Å². The minimum Gasteiger partial charge on any atom is -0.308 e. The molecule has 13 aromatic rings. The van der Waals surface area contributed by atoms with E-state index in [1.165, 1.54) is 81.2 Å². The third-order valence-corrected chi connectivity index (χ3v) is 11.8. The maximum atomic E-state index is 5.61. The van der Waals surface area contributed by atoms with E-state index >= 15 is 0 Å². The first-order chi connectivity index (χ1) is 26.8. The lowest BCUT2D eigenvalue weighted by Gasteiger charge is -2.15. The summed E-state index contributed by atoms with van der Waals surface area (Å²) in [6, 6.07) is 61.5. The maximum absolute atomic E-state index is 5.61. The van der Waals surface area contributed by atoms with Crippen LogP contribution in [-0.4, -0.2) is 18.9 Å². The van der Waals surface area contributed by atoms with Crippen molar-refractivity contribution in [2.45, 2.75) is 0 Å². The number of benzene rings is 9. The quantitative estimate of drug-likeness (QED) is 0.170. The zero-order chi connectivity index (χ0) is 35.1. The van der Waals surface area contributed by atoms with Gasteiger partial charge in [-0.1, -0.05) is 133 Å². The van der Waals surface area contributed by atoms with Crippen molar-refractivity contribution in [2.24, 2.45) is 0 Å². The molecule has 0 fully saturated rings. The smallest absolute Gasteiger partial charge is 0.235 e. The number of hydrogen-bond donors (Lipinski definition) is 0. The van der Waals surface area contributed by atoms with Crippen molar-refractivity contribution >= 4 is 103 Å². The first kappa shape index (κ1) is 28.3. The van der Waals surface area contributed by atoms with Gasteiger partial charge in [-0.2, -0.15) is 0 Å². The third-order valence-electron chi connectivity index (χ3n) is 11.8. The molecule has 0 saturated heterocycles. The molecule has 0 atom stereocenters. The Balaban J connectivity index is 1.23. The second-order valence-corrected chi connectivity index (χ2v) is 14.5. The van der Waals surface area contributed by atoms with E-state index in [1.807, 2.05) is 0 Å². The Hall–Kier alpha value is -7.30. The summed E-state index contributed by atoms with van der Waals surface area (Å²) >= 11 is 0. The summed E-state index contributed by atoms with van der Waals surface area (Å²) < 4.78 is 4.80. The Kier molecular flexibility index (Phi) is 5.34. The zero-order valence-corrected chi connectivity index (χ0v) is 29.0. The summed E-state index contributed by atoms with van der Waals surface area (Å²) in [4.78, 5) is 11.0. The number of fused-ring (bicyclic) bond motifs is 16. The van der Waals surface area contributed by atoms with Crippen LogP contribution in [0.25, 0.3) is 120 Å². The highest BCUT2D eigenvalue weighted by molar-refractivity contribution is 6.37. The van der Waals surface area contributed by atoms with E-state index in [2.05, 4.69) is 179 Å². The van der Waals surface area contributed by atoms with Gasteiger partial charge in [0, 0.05) is 43.3 Å². The second-order valence-electron chi connectivity index (χ2n) is 14.5. The largest absolute Gasteiger partial charge is 0.308 e. The molecule has 248 valence electrons. The summed E-state index contributed by atoms with van der Waals surface area (Å²) in [5, 5.41) is 15.8. The van der Waals surface area contributed by atoms with Crippen LogP contribution in [0.5, 0.6) is 0 Å². The number of hydrogen-bond acceptors (Lipinski definition) is 2. The normalized spacial score (nSPS) is 12.4. The van der Waals surface area contributed by atoms with Gasteiger partial charge < -0.3 is 4.40 Å². The summed E-state index contributed by atoms with van der Waals surface area (Å²) in [5.74, 6) is 0.665. The molecule has 4 heteroatoms. The summed E-state index contributed by atoms with van der Waals surface area (Å²) in [5.41, 5.74) is 8.86. The molecular formula is C50H28N4. The van der Waals surface area contributed by atoms with Crippen LogP contribution in [0.2, 0.25) is 0 Å². The van der Waals surface area contributed by atoms with Crippen molar-refractivity contribution in [2.75, 3.05) is 0 Å². The minimum absolute atomic E-state index is 0.665. The van der Waals surface area contributed by atoms with Crippen LogP contribution in [0, 0.1) is 0 Å². The van der Waals surface area contributed by atoms with Gasteiger partial charge in [0.25, 0.3) is 0 Å². The average molecular weight is 685 g/mol. The Morgan fingerprint density at radius 1 is 0.352 bits per heavy atom. The van der Waals surface area contributed by atoms with Crippen molar-refractivity contribution in [3.8, 4) is 17.2 Å². The minimum atomic E-state index is 0.665. The fraction of sp³-hybridized carbons (Fsp3) is 0. The molecule has 4 heterocycles. The Morgan fingerprint density at radius 3 is 1.81 bits per heavy atom. The van der Waals surface area contributed by atoms with Crippen LogP contribution in [-0.2, 0) is 0 Å². The van der Waals surface area contributed by atoms with E-state index in [0.717, 1.165) is 33.2 Å². The topological polar surface area (TPSA) is 35.1 Å². The van der Waals surface area contributed by atoms with Crippen LogP contribution >= 0.6 is 0 Å². The van der Waals surface area contributed by atoms with Crippen molar-refractivity contribution < 1.29 is 0 Å². The molecular weight excluding hydrogens is 657 g/mol. The van der Waals surface area contributed by atoms with E-state index in [9.17, 15) is 0 Å². The molecule has 0 aliphatic carbocycles. The molecule has 9 aromatic carbocycles. The second kappa shape index (κ2) is 10.2. The highest BCUT2D eigenvalue weighted by atomic mass is 15.2. The molecule has 0 aliphatic rings. The van der Waals surface area contributed by atoms with E-state index in [1.54, 1.807) is 0 Å². The monoisotopic (exact) mass is 684 g/mol. The predicted octanol–water partition coefficient (Wildman–Crippen LogP) is 13.0. The maximum Gasteiger partial charge on any atom is 0.235 e. The lowest BCUT2D eigenvalue weighted by atomic mass is 9.94. The van der Waals surface area contributed by atoms with Crippen LogP contribution in [0.1, 0.15) is 0 Å². The Bertz CT molecular complexity index is 3740. The molecule has 4 aromatic heterocycles. The number of nitrogens with zero attached hydrogens (tertiary/aromatic N) is 4. The molecule has 0 amide bonds. The SMILES string of the molecule is c1ccc2c(c1)cc(-c1nc(-n3c4ccccc4c4c5c6ccccc6n6c7ccc8ccccc8c7c(cc43)c56)nc3ccccc13)c1ccccc12. The Labute approximate surface area is 308 Å². The van der Waals surface area contributed by atoms with E-state index in [4.69, 9.17) is 9.97 Å². The summed E-state index contributed by atoms with van der Waals surface area (Å²) in [6.45, 7) is 0. The van der Waals surface area contributed by atoms with Gasteiger partial charge in [0.2, 0.25) is 5.95 Å². The lowest BCUT2D eigenvalue weighted by molar-refractivity contribution is 1.01. The highest BCUT2D eigenvalue weighted by Crippen LogP contribution is 2.48. The number of rotatable bonds is 2. The van der Waals surface area contributed by atoms with Crippen LogP contribution in [0.3, 0.4) is 0 Å². The van der Waals surface area contributed by atoms with E-state index in [-0.39, 0.29) is 0 Å². The van der Waals surface area contributed by atoms with Gasteiger partial charge in [0.1, 0.15) is 0 Å². The zero-order valence-electron chi connectivity index (χ0n) is 29.0. The standard InChI is InChI=1S/C50H28N4/c1-4-16-32-29(13-1)25-26-43-45(32)39-28-44-46(47-37-21-9-11-23-41(37)53(43)49(39)47)36-20-8-12-24-42(36)54(44)50-51-40-22-10-7-19-35(40)48(52-50)38-27-30-14-2-3-15-31(30)33-17-5-6-18-34(33)38/h1-28H. The van der Waals surface area contributed by atoms with Crippen molar-refractivity contribution in [1.29, 1.82) is 0 Å². The molecule has 0 N–H and O–H groups in total. The lowest BCUT2D eigenvalue weighted by Crippen LogP contribution is -2.03. The molecule has 0 unspecified atom stereocenters. The first-order valence-corrected chi connectivity index (χ1v) is 18.5. The summed E-state index contributed by atoms with van der Waals surface area (Å²) in [6.07, 6.45) is 0. The van der Waals surface area contributed by atoms with E-state index in [0.29, 0.717) is 5.95 Å². The molecule has 0 aliphatic heterocycles.